The highest BCUT2D eigenvalue weighted by atomic mass is 127. The lowest BCUT2D eigenvalue weighted by molar-refractivity contribution is 0.469. The van der Waals surface area contributed by atoms with E-state index in [2.05, 4.69) is 22.6 Å². The number of halogens is 2. The third kappa shape index (κ3) is 1.76. The van der Waals surface area contributed by atoms with Crippen LogP contribution in [0.25, 0.3) is 0 Å². The monoisotopic (exact) mass is 371 g/mol. The first-order chi connectivity index (χ1) is 5.16. The molecule has 0 radical (unpaired) electrons. The number of nitriles is 1. The van der Waals surface area contributed by atoms with Gasteiger partial charge in [-0.05, 0) is 57.3 Å². The van der Waals surface area contributed by atoms with E-state index in [1.165, 1.54) is 0 Å². The summed E-state index contributed by atoms with van der Waals surface area (Å²) in [4.78, 5) is 0. The first-order valence-electron chi connectivity index (χ1n) is 2.74. The molecule has 0 spiro atoms. The molecule has 0 unspecified atom stereocenters. The van der Waals surface area contributed by atoms with Gasteiger partial charge in [0.2, 0.25) is 0 Å². The van der Waals surface area contributed by atoms with Crippen molar-refractivity contribution in [1.82, 2.24) is 0 Å². The van der Waals surface area contributed by atoms with E-state index in [9.17, 15) is 5.11 Å². The van der Waals surface area contributed by atoms with Gasteiger partial charge in [0.05, 0.1) is 9.13 Å². The van der Waals surface area contributed by atoms with Crippen LogP contribution in [0.3, 0.4) is 0 Å². The number of benzene rings is 1. The third-order valence-electron chi connectivity index (χ3n) is 1.19. The summed E-state index contributed by atoms with van der Waals surface area (Å²) in [5.41, 5.74) is 0.329. The highest BCUT2D eigenvalue weighted by molar-refractivity contribution is 14.1. The van der Waals surface area contributed by atoms with Gasteiger partial charge < -0.3 is 5.11 Å². The van der Waals surface area contributed by atoms with Crippen molar-refractivity contribution >= 4 is 45.2 Å². The predicted octanol–water partition coefficient (Wildman–Crippen LogP) is 2.47. The van der Waals surface area contributed by atoms with Crippen LogP contribution in [0.4, 0.5) is 0 Å². The maximum atomic E-state index is 9.34. The highest BCUT2D eigenvalue weighted by Crippen LogP contribution is 2.27. The van der Waals surface area contributed by atoms with E-state index in [0.29, 0.717) is 5.56 Å². The van der Waals surface area contributed by atoms with E-state index < -0.39 is 0 Å². The van der Waals surface area contributed by atoms with Crippen molar-refractivity contribution in [2.75, 3.05) is 0 Å². The van der Waals surface area contributed by atoms with Crippen LogP contribution in [0.5, 0.6) is 5.75 Å². The molecule has 0 aliphatic rings. The fourth-order valence-electron chi connectivity index (χ4n) is 0.630. The maximum Gasteiger partial charge on any atom is 0.147 e. The van der Waals surface area contributed by atoms with Crippen LogP contribution in [-0.2, 0) is 0 Å². The van der Waals surface area contributed by atoms with Crippen LogP contribution in [0.1, 0.15) is 5.56 Å². The Labute approximate surface area is 91.5 Å². The lowest BCUT2D eigenvalue weighted by atomic mass is 10.2. The van der Waals surface area contributed by atoms with Crippen molar-refractivity contribution in [1.29, 1.82) is 5.26 Å². The number of hydrogen-bond acceptors (Lipinski definition) is 2. The Morgan fingerprint density at radius 3 is 2.55 bits per heavy atom. The van der Waals surface area contributed by atoms with Crippen molar-refractivity contribution in [2.24, 2.45) is 0 Å². The zero-order valence-electron chi connectivity index (χ0n) is 5.31. The topological polar surface area (TPSA) is 44.0 Å². The van der Waals surface area contributed by atoms with Gasteiger partial charge in [0, 0.05) is 3.57 Å². The lowest BCUT2D eigenvalue weighted by Crippen LogP contribution is -1.84. The minimum absolute atomic E-state index is 0.0833. The molecule has 2 nitrogen and oxygen atoms in total. The SMILES string of the molecule is N#Cc1ccc(I)c(I)c1O. The van der Waals surface area contributed by atoms with E-state index in [4.69, 9.17) is 5.26 Å². The van der Waals surface area contributed by atoms with E-state index in [-0.39, 0.29) is 5.75 Å². The molecule has 0 aliphatic carbocycles. The summed E-state index contributed by atoms with van der Waals surface area (Å²) >= 11 is 4.12. The van der Waals surface area contributed by atoms with Crippen LogP contribution >= 0.6 is 45.2 Å². The van der Waals surface area contributed by atoms with Crippen molar-refractivity contribution in [3.05, 3.63) is 24.8 Å². The number of hydrogen-bond donors (Lipinski definition) is 1. The standard InChI is InChI=1S/C7H3I2NO/c8-5-2-1-4(3-10)7(11)6(5)9/h1-2,11H. The molecule has 4 heteroatoms. The molecule has 0 heterocycles. The van der Waals surface area contributed by atoms with Gasteiger partial charge in [-0.3, -0.25) is 0 Å². The molecule has 0 amide bonds. The highest BCUT2D eigenvalue weighted by Gasteiger charge is 2.06. The molecule has 1 aromatic carbocycles. The Hall–Kier alpha value is -0.0300. The van der Waals surface area contributed by atoms with Gasteiger partial charge in [-0.2, -0.15) is 5.26 Å². The van der Waals surface area contributed by atoms with E-state index in [1.54, 1.807) is 12.1 Å². The van der Waals surface area contributed by atoms with Gasteiger partial charge in [-0.25, -0.2) is 0 Å². The fraction of sp³-hybridized carbons (Fsp3) is 0. The molecule has 56 valence electrons. The molecule has 1 rings (SSSR count). The number of phenolic OH excluding ortho intramolecular Hbond substituents is 1. The van der Waals surface area contributed by atoms with E-state index >= 15 is 0 Å². The Balaban J connectivity index is 3.40. The molecular formula is C7H3I2NO. The van der Waals surface area contributed by atoms with Crippen LogP contribution in [0, 0.1) is 18.5 Å². The van der Waals surface area contributed by atoms with Gasteiger partial charge in [-0.1, -0.05) is 0 Å². The minimum atomic E-state index is 0.0833. The van der Waals surface area contributed by atoms with Crippen LogP contribution < -0.4 is 0 Å². The quantitative estimate of drug-likeness (QED) is 0.713. The van der Waals surface area contributed by atoms with E-state index in [1.807, 2.05) is 28.7 Å². The molecule has 0 aromatic heterocycles. The zero-order chi connectivity index (χ0) is 8.43. The number of nitrogens with zero attached hydrogens (tertiary/aromatic N) is 1. The lowest BCUT2D eigenvalue weighted by Gasteiger charge is -2.00. The fourth-order valence-corrected chi connectivity index (χ4v) is 1.54. The summed E-state index contributed by atoms with van der Waals surface area (Å²) in [6.07, 6.45) is 0. The van der Waals surface area contributed by atoms with Crippen molar-refractivity contribution < 1.29 is 5.11 Å². The first kappa shape index (κ1) is 9.06. The van der Waals surface area contributed by atoms with Gasteiger partial charge in [-0.15, -0.1) is 0 Å². The van der Waals surface area contributed by atoms with Crippen molar-refractivity contribution in [2.45, 2.75) is 0 Å². The number of rotatable bonds is 0. The Morgan fingerprint density at radius 2 is 2.00 bits per heavy atom. The second-order valence-electron chi connectivity index (χ2n) is 1.87. The molecule has 0 saturated heterocycles. The molecule has 0 fully saturated rings. The van der Waals surface area contributed by atoms with Gasteiger partial charge in [0.1, 0.15) is 11.8 Å². The Morgan fingerprint density at radius 1 is 1.36 bits per heavy atom. The summed E-state index contributed by atoms with van der Waals surface area (Å²) in [5, 5.41) is 17.9. The molecule has 11 heavy (non-hydrogen) atoms. The largest absolute Gasteiger partial charge is 0.505 e. The third-order valence-corrected chi connectivity index (χ3v) is 4.21. The second-order valence-corrected chi connectivity index (χ2v) is 4.11. The summed E-state index contributed by atoms with van der Waals surface area (Å²) in [7, 11) is 0. The molecule has 0 saturated carbocycles. The normalized spacial score (nSPS) is 9.18. The van der Waals surface area contributed by atoms with Crippen LogP contribution in [0.2, 0.25) is 0 Å². The molecule has 0 aliphatic heterocycles. The van der Waals surface area contributed by atoms with Crippen LogP contribution in [-0.4, -0.2) is 5.11 Å². The zero-order valence-corrected chi connectivity index (χ0v) is 9.62. The molecule has 1 N–H and O–H groups in total. The van der Waals surface area contributed by atoms with Crippen molar-refractivity contribution in [3.63, 3.8) is 0 Å². The second kappa shape index (κ2) is 3.58. The molecular weight excluding hydrogens is 368 g/mol. The van der Waals surface area contributed by atoms with Crippen LogP contribution in [0.15, 0.2) is 12.1 Å². The number of aromatic hydroxyl groups is 1. The Kier molecular flexibility index (Phi) is 2.95. The summed E-state index contributed by atoms with van der Waals surface area (Å²) in [6.45, 7) is 0. The Bertz CT molecular complexity index is 330. The van der Waals surface area contributed by atoms with Gasteiger partial charge in [0.25, 0.3) is 0 Å². The minimum Gasteiger partial charge on any atom is -0.505 e. The molecule has 0 bridgehead atoms. The van der Waals surface area contributed by atoms with Crippen molar-refractivity contribution in [3.8, 4) is 11.8 Å². The smallest absolute Gasteiger partial charge is 0.147 e. The first-order valence-corrected chi connectivity index (χ1v) is 4.89. The number of phenols is 1. The predicted molar refractivity (Wildman–Crippen MR) is 58.3 cm³/mol. The average molecular weight is 371 g/mol. The summed E-state index contributed by atoms with van der Waals surface area (Å²) < 4.78 is 1.70. The van der Waals surface area contributed by atoms with Gasteiger partial charge >= 0.3 is 0 Å². The molecule has 0 atom stereocenters. The molecule has 1 aromatic rings. The van der Waals surface area contributed by atoms with E-state index in [0.717, 1.165) is 7.14 Å². The average Bonchev–Trinajstić information content (AvgIpc) is 2.01. The summed E-state index contributed by atoms with van der Waals surface area (Å²) in [5.74, 6) is 0.0833. The maximum absolute atomic E-state index is 9.34. The van der Waals surface area contributed by atoms with Gasteiger partial charge in [0.15, 0.2) is 0 Å². The summed E-state index contributed by atoms with van der Waals surface area (Å²) in [6, 6.07) is 5.32.